The molecule has 110 valence electrons. The van der Waals surface area contributed by atoms with Crippen molar-refractivity contribution in [3.63, 3.8) is 0 Å². The van der Waals surface area contributed by atoms with Crippen LogP contribution in [0.3, 0.4) is 0 Å². The first-order valence-corrected chi connectivity index (χ1v) is 7.12. The zero-order chi connectivity index (χ0) is 15.3. The average molecular weight is 342 g/mol. The summed E-state index contributed by atoms with van der Waals surface area (Å²) in [5.41, 5.74) is 2.76. The van der Waals surface area contributed by atoms with Crippen molar-refractivity contribution in [1.29, 1.82) is 0 Å². The highest BCUT2D eigenvalue weighted by molar-refractivity contribution is 9.10. The monoisotopic (exact) mass is 341 g/mol. The Balaban J connectivity index is 2.53. The van der Waals surface area contributed by atoms with E-state index in [1.54, 1.807) is 14.1 Å². The highest BCUT2D eigenvalue weighted by atomic mass is 79.9. The molecular formula is C14H20BrN3O2. The summed E-state index contributed by atoms with van der Waals surface area (Å²) >= 11 is 3.41. The molecule has 0 atom stereocenters. The summed E-state index contributed by atoms with van der Waals surface area (Å²) in [6, 6.07) is 3.58. The first kappa shape index (κ1) is 16.5. The maximum Gasteiger partial charge on any atom is 0.319 e. The second kappa shape index (κ2) is 7.28. The van der Waals surface area contributed by atoms with Gasteiger partial charge in [-0.3, -0.25) is 4.79 Å². The molecule has 3 amide bonds. The van der Waals surface area contributed by atoms with E-state index in [-0.39, 0.29) is 11.9 Å². The Bertz CT molecular complexity index is 492. The van der Waals surface area contributed by atoms with Crippen molar-refractivity contribution >= 4 is 33.6 Å². The molecular weight excluding hydrogens is 322 g/mol. The van der Waals surface area contributed by atoms with E-state index in [1.165, 1.54) is 4.90 Å². The van der Waals surface area contributed by atoms with E-state index < -0.39 is 0 Å². The van der Waals surface area contributed by atoms with Gasteiger partial charge in [0.1, 0.15) is 0 Å². The maximum absolute atomic E-state index is 11.8. The van der Waals surface area contributed by atoms with Crippen molar-refractivity contribution in [3.8, 4) is 0 Å². The number of rotatable bonds is 4. The van der Waals surface area contributed by atoms with Crippen LogP contribution in [0.4, 0.5) is 10.5 Å². The maximum atomic E-state index is 11.8. The Morgan fingerprint density at radius 3 is 2.25 bits per heavy atom. The van der Waals surface area contributed by atoms with Crippen LogP contribution < -0.4 is 10.6 Å². The number of nitrogens with one attached hydrogen (secondary N) is 2. The standard InChI is InChI=1S/C14H20BrN3O2/c1-9-7-11(15)8-10(2)13(9)17-14(20)16-6-5-12(19)18(3)4/h7-8H,5-6H2,1-4H3,(H2,16,17,20). The van der Waals surface area contributed by atoms with E-state index in [1.807, 2.05) is 26.0 Å². The third-order valence-corrected chi connectivity index (χ3v) is 3.32. The van der Waals surface area contributed by atoms with Gasteiger partial charge in [0.25, 0.3) is 0 Å². The van der Waals surface area contributed by atoms with Gasteiger partial charge in [-0.1, -0.05) is 15.9 Å². The second-order valence-electron chi connectivity index (χ2n) is 4.83. The molecule has 1 aromatic carbocycles. The van der Waals surface area contributed by atoms with Crippen molar-refractivity contribution in [1.82, 2.24) is 10.2 Å². The molecule has 20 heavy (non-hydrogen) atoms. The van der Waals surface area contributed by atoms with Crippen molar-refractivity contribution in [2.45, 2.75) is 20.3 Å². The molecule has 1 aromatic rings. The number of amides is 3. The van der Waals surface area contributed by atoms with Gasteiger partial charge in [-0.2, -0.15) is 0 Å². The molecule has 0 bridgehead atoms. The van der Waals surface area contributed by atoms with Gasteiger partial charge in [-0.25, -0.2) is 4.79 Å². The largest absolute Gasteiger partial charge is 0.349 e. The molecule has 0 aliphatic carbocycles. The molecule has 0 saturated carbocycles. The van der Waals surface area contributed by atoms with Gasteiger partial charge in [0, 0.05) is 37.2 Å². The number of benzene rings is 1. The van der Waals surface area contributed by atoms with Crippen LogP contribution in [0, 0.1) is 13.8 Å². The lowest BCUT2D eigenvalue weighted by molar-refractivity contribution is -0.128. The number of nitrogens with zero attached hydrogens (tertiary/aromatic N) is 1. The number of halogens is 1. The summed E-state index contributed by atoms with van der Waals surface area (Å²) < 4.78 is 0.982. The number of hydrogen-bond donors (Lipinski definition) is 2. The molecule has 0 heterocycles. The number of urea groups is 1. The van der Waals surface area contributed by atoms with Crippen LogP contribution in [0.2, 0.25) is 0 Å². The summed E-state index contributed by atoms with van der Waals surface area (Å²) in [7, 11) is 3.38. The van der Waals surface area contributed by atoms with Gasteiger partial charge in [-0.05, 0) is 37.1 Å². The molecule has 2 N–H and O–H groups in total. The number of carbonyl (C=O) groups is 2. The topological polar surface area (TPSA) is 61.4 Å². The van der Waals surface area contributed by atoms with E-state index >= 15 is 0 Å². The highest BCUT2D eigenvalue weighted by Gasteiger charge is 2.09. The predicted molar refractivity (Wildman–Crippen MR) is 83.9 cm³/mol. The van der Waals surface area contributed by atoms with Crippen LogP contribution >= 0.6 is 15.9 Å². The quantitative estimate of drug-likeness (QED) is 0.884. The van der Waals surface area contributed by atoms with Crippen LogP contribution in [0.5, 0.6) is 0 Å². The molecule has 0 aliphatic rings. The van der Waals surface area contributed by atoms with E-state index in [2.05, 4.69) is 26.6 Å². The van der Waals surface area contributed by atoms with E-state index in [4.69, 9.17) is 0 Å². The van der Waals surface area contributed by atoms with Gasteiger partial charge >= 0.3 is 6.03 Å². The average Bonchev–Trinajstić information content (AvgIpc) is 2.33. The Hall–Kier alpha value is -1.56. The lowest BCUT2D eigenvalue weighted by Crippen LogP contribution is -2.33. The van der Waals surface area contributed by atoms with Gasteiger partial charge in [0.05, 0.1) is 0 Å². The molecule has 1 rings (SSSR count). The van der Waals surface area contributed by atoms with Crippen molar-refractivity contribution < 1.29 is 9.59 Å². The Morgan fingerprint density at radius 1 is 1.20 bits per heavy atom. The van der Waals surface area contributed by atoms with Crippen LogP contribution in [-0.2, 0) is 4.79 Å². The zero-order valence-corrected chi connectivity index (χ0v) is 13.8. The number of hydrogen-bond acceptors (Lipinski definition) is 2. The molecule has 0 aromatic heterocycles. The summed E-state index contributed by atoms with van der Waals surface area (Å²) in [4.78, 5) is 24.7. The molecule has 0 aliphatic heterocycles. The minimum absolute atomic E-state index is 0.0127. The number of anilines is 1. The summed E-state index contributed by atoms with van der Waals surface area (Å²) in [5, 5.41) is 5.49. The first-order chi connectivity index (χ1) is 9.31. The SMILES string of the molecule is Cc1cc(Br)cc(C)c1NC(=O)NCCC(=O)N(C)C. The smallest absolute Gasteiger partial charge is 0.319 e. The van der Waals surface area contributed by atoms with Gasteiger partial charge in [0.2, 0.25) is 5.91 Å². The van der Waals surface area contributed by atoms with Crippen molar-refractivity contribution in [2.75, 3.05) is 26.0 Å². The summed E-state index contributed by atoms with van der Waals surface area (Å²) in [6.07, 6.45) is 0.290. The third-order valence-electron chi connectivity index (χ3n) is 2.86. The molecule has 6 heteroatoms. The van der Waals surface area contributed by atoms with Gasteiger partial charge in [0.15, 0.2) is 0 Å². The fraction of sp³-hybridized carbons (Fsp3) is 0.429. The Morgan fingerprint density at radius 2 is 1.75 bits per heavy atom. The fourth-order valence-electron chi connectivity index (χ4n) is 1.77. The van der Waals surface area contributed by atoms with Crippen LogP contribution in [0.25, 0.3) is 0 Å². The van der Waals surface area contributed by atoms with Crippen molar-refractivity contribution in [2.24, 2.45) is 0 Å². The molecule has 0 radical (unpaired) electrons. The molecule has 0 fully saturated rings. The predicted octanol–water partition coefficient (Wildman–Crippen LogP) is 2.67. The Labute approximate surface area is 127 Å². The highest BCUT2D eigenvalue weighted by Crippen LogP contribution is 2.24. The van der Waals surface area contributed by atoms with Crippen LogP contribution in [0.15, 0.2) is 16.6 Å². The third kappa shape index (κ3) is 4.85. The second-order valence-corrected chi connectivity index (χ2v) is 5.75. The van der Waals surface area contributed by atoms with Crippen LogP contribution in [0.1, 0.15) is 17.5 Å². The molecule has 5 nitrogen and oxygen atoms in total. The molecule has 0 unspecified atom stereocenters. The number of aryl methyl sites for hydroxylation is 2. The Kier molecular flexibility index (Phi) is 6.01. The minimum Gasteiger partial charge on any atom is -0.349 e. The van der Waals surface area contributed by atoms with E-state index in [0.29, 0.717) is 13.0 Å². The molecule has 0 saturated heterocycles. The molecule has 0 spiro atoms. The minimum atomic E-state index is -0.301. The zero-order valence-electron chi connectivity index (χ0n) is 12.2. The van der Waals surface area contributed by atoms with Gasteiger partial charge in [-0.15, -0.1) is 0 Å². The summed E-state index contributed by atoms with van der Waals surface area (Å²) in [5.74, 6) is -0.0127. The van der Waals surface area contributed by atoms with E-state index in [0.717, 1.165) is 21.3 Å². The fourth-order valence-corrected chi connectivity index (χ4v) is 2.46. The lowest BCUT2D eigenvalue weighted by Gasteiger charge is -2.14. The number of carbonyl (C=O) groups excluding carboxylic acids is 2. The normalized spacial score (nSPS) is 10.1. The van der Waals surface area contributed by atoms with E-state index in [9.17, 15) is 9.59 Å². The summed E-state index contributed by atoms with van der Waals surface area (Å²) in [6.45, 7) is 4.18. The van der Waals surface area contributed by atoms with Crippen molar-refractivity contribution in [3.05, 3.63) is 27.7 Å². The first-order valence-electron chi connectivity index (χ1n) is 6.33. The van der Waals surface area contributed by atoms with Gasteiger partial charge < -0.3 is 15.5 Å². The lowest BCUT2D eigenvalue weighted by atomic mass is 10.1. The van der Waals surface area contributed by atoms with Crippen LogP contribution in [-0.4, -0.2) is 37.5 Å².